The first-order valence-corrected chi connectivity index (χ1v) is 6.93. The van der Waals surface area contributed by atoms with Crippen LogP contribution in [0.1, 0.15) is 26.7 Å². The Balaban J connectivity index is 0.00000180. The van der Waals surface area contributed by atoms with Crippen molar-refractivity contribution in [1.29, 1.82) is 0 Å². The van der Waals surface area contributed by atoms with Crippen LogP contribution in [0.5, 0.6) is 0 Å². The lowest BCUT2D eigenvalue weighted by molar-refractivity contribution is -0.147. The van der Waals surface area contributed by atoms with Crippen molar-refractivity contribution in [2.45, 2.75) is 44.9 Å². The molecule has 0 aliphatic carbocycles. The van der Waals surface area contributed by atoms with Gasteiger partial charge in [-0.05, 0) is 26.7 Å². The van der Waals surface area contributed by atoms with Crippen LogP contribution >= 0.6 is 12.4 Å². The van der Waals surface area contributed by atoms with Crippen molar-refractivity contribution in [1.82, 2.24) is 10.2 Å². The summed E-state index contributed by atoms with van der Waals surface area (Å²) in [7, 11) is 0. The summed E-state index contributed by atoms with van der Waals surface area (Å²) >= 11 is 0. The van der Waals surface area contributed by atoms with Crippen LogP contribution in [-0.4, -0.2) is 61.9 Å². The summed E-state index contributed by atoms with van der Waals surface area (Å²) in [6.45, 7) is 7.77. The predicted molar refractivity (Wildman–Crippen MR) is 75.7 cm³/mol. The van der Waals surface area contributed by atoms with Crippen molar-refractivity contribution in [3.8, 4) is 0 Å². The number of amides is 1. The zero-order valence-corrected chi connectivity index (χ0v) is 12.6. The molecule has 0 bridgehead atoms. The van der Waals surface area contributed by atoms with Gasteiger partial charge in [0, 0.05) is 32.3 Å². The van der Waals surface area contributed by atoms with Crippen molar-refractivity contribution in [3.63, 3.8) is 0 Å². The molecule has 0 spiro atoms. The molecule has 19 heavy (non-hydrogen) atoms. The average molecular weight is 293 g/mol. The van der Waals surface area contributed by atoms with Crippen LogP contribution in [0.3, 0.4) is 0 Å². The van der Waals surface area contributed by atoms with Gasteiger partial charge in [-0.3, -0.25) is 4.79 Å². The largest absolute Gasteiger partial charge is 0.376 e. The fourth-order valence-electron chi connectivity index (χ4n) is 2.50. The van der Waals surface area contributed by atoms with Gasteiger partial charge in [0.1, 0.15) is 6.10 Å². The third-order valence-electron chi connectivity index (χ3n) is 3.69. The molecule has 0 saturated carbocycles. The number of hydrogen-bond donors (Lipinski definition) is 1. The second kappa shape index (κ2) is 8.04. The van der Waals surface area contributed by atoms with E-state index >= 15 is 0 Å². The molecular formula is C13H25ClN2O3. The van der Waals surface area contributed by atoms with Gasteiger partial charge < -0.3 is 19.7 Å². The van der Waals surface area contributed by atoms with Crippen LogP contribution in [-0.2, 0) is 14.3 Å². The molecule has 2 unspecified atom stereocenters. The van der Waals surface area contributed by atoms with Crippen molar-refractivity contribution in [2.24, 2.45) is 0 Å². The highest BCUT2D eigenvalue weighted by atomic mass is 35.5. The molecule has 1 N–H and O–H groups in total. The quantitative estimate of drug-likeness (QED) is 0.833. The molecule has 0 aromatic rings. The van der Waals surface area contributed by atoms with E-state index < -0.39 is 0 Å². The zero-order valence-electron chi connectivity index (χ0n) is 11.8. The molecule has 0 aromatic heterocycles. The molecule has 3 atom stereocenters. The first kappa shape index (κ1) is 16.7. The number of nitrogens with one attached hydrogen (secondary N) is 1. The predicted octanol–water partition coefficient (Wildman–Crippen LogP) is 0.813. The maximum absolute atomic E-state index is 12.2. The molecule has 2 aliphatic rings. The first-order chi connectivity index (χ1) is 8.68. The molecule has 2 aliphatic heterocycles. The molecule has 2 heterocycles. The number of hydrogen-bond acceptors (Lipinski definition) is 4. The molecule has 2 rings (SSSR count). The van der Waals surface area contributed by atoms with Gasteiger partial charge in [-0.2, -0.15) is 0 Å². The van der Waals surface area contributed by atoms with E-state index in [9.17, 15) is 4.79 Å². The Labute approximate surface area is 121 Å². The summed E-state index contributed by atoms with van der Waals surface area (Å²) in [5.41, 5.74) is 0. The molecular weight excluding hydrogens is 268 g/mol. The molecule has 0 radical (unpaired) electrons. The van der Waals surface area contributed by atoms with Crippen molar-refractivity contribution in [2.75, 3.05) is 32.8 Å². The van der Waals surface area contributed by atoms with Gasteiger partial charge >= 0.3 is 0 Å². The Hall–Kier alpha value is -0.360. The number of nitrogens with zero attached hydrogens (tertiary/aromatic N) is 1. The highest BCUT2D eigenvalue weighted by Crippen LogP contribution is 2.14. The van der Waals surface area contributed by atoms with Crippen LogP contribution in [0.25, 0.3) is 0 Å². The highest BCUT2D eigenvalue weighted by Gasteiger charge is 2.28. The fourth-order valence-corrected chi connectivity index (χ4v) is 2.50. The van der Waals surface area contributed by atoms with Crippen LogP contribution in [0, 0.1) is 0 Å². The molecule has 0 aromatic carbocycles. The maximum Gasteiger partial charge on any atom is 0.251 e. The summed E-state index contributed by atoms with van der Waals surface area (Å²) in [4.78, 5) is 14.2. The zero-order chi connectivity index (χ0) is 13.0. The SMILES string of the molecule is CC(OCC1CCCO1)C(=O)N1CCNC[C@H]1C.Cl. The summed E-state index contributed by atoms with van der Waals surface area (Å²) in [5, 5.41) is 3.28. The van der Waals surface area contributed by atoms with E-state index in [2.05, 4.69) is 12.2 Å². The van der Waals surface area contributed by atoms with E-state index in [0.717, 1.165) is 39.1 Å². The van der Waals surface area contributed by atoms with Crippen LogP contribution in [0.2, 0.25) is 0 Å². The van der Waals surface area contributed by atoms with E-state index in [1.165, 1.54) is 0 Å². The fraction of sp³-hybridized carbons (Fsp3) is 0.923. The van der Waals surface area contributed by atoms with Crippen molar-refractivity contribution >= 4 is 18.3 Å². The lowest BCUT2D eigenvalue weighted by Gasteiger charge is -2.35. The summed E-state index contributed by atoms with van der Waals surface area (Å²) in [6, 6.07) is 0.250. The smallest absolute Gasteiger partial charge is 0.251 e. The highest BCUT2D eigenvalue weighted by molar-refractivity contribution is 5.85. The van der Waals surface area contributed by atoms with E-state index in [1.54, 1.807) is 0 Å². The lowest BCUT2D eigenvalue weighted by Crippen LogP contribution is -2.55. The normalized spacial score (nSPS) is 28.8. The van der Waals surface area contributed by atoms with Crippen LogP contribution in [0.4, 0.5) is 0 Å². The average Bonchev–Trinajstić information content (AvgIpc) is 2.89. The Morgan fingerprint density at radius 1 is 1.58 bits per heavy atom. The minimum absolute atomic E-state index is 0. The van der Waals surface area contributed by atoms with Gasteiger partial charge in [-0.15, -0.1) is 12.4 Å². The summed E-state index contributed by atoms with van der Waals surface area (Å²) in [6.07, 6.45) is 1.96. The van der Waals surface area contributed by atoms with Crippen molar-refractivity contribution < 1.29 is 14.3 Å². The lowest BCUT2D eigenvalue weighted by atomic mass is 10.2. The number of halogens is 1. The molecule has 2 saturated heterocycles. The number of rotatable bonds is 4. The van der Waals surface area contributed by atoms with E-state index in [1.807, 2.05) is 11.8 Å². The number of ether oxygens (including phenoxy) is 2. The minimum atomic E-state index is -0.366. The Kier molecular flexibility index (Phi) is 7.07. The Morgan fingerprint density at radius 2 is 2.37 bits per heavy atom. The molecule has 112 valence electrons. The van der Waals surface area contributed by atoms with Gasteiger partial charge in [0.05, 0.1) is 12.7 Å². The van der Waals surface area contributed by atoms with Crippen LogP contribution in [0.15, 0.2) is 0 Å². The second-order valence-electron chi connectivity index (χ2n) is 5.20. The van der Waals surface area contributed by atoms with Crippen molar-refractivity contribution in [3.05, 3.63) is 0 Å². The topological polar surface area (TPSA) is 50.8 Å². The van der Waals surface area contributed by atoms with Gasteiger partial charge in [-0.1, -0.05) is 0 Å². The van der Waals surface area contributed by atoms with E-state index in [4.69, 9.17) is 9.47 Å². The summed E-state index contributed by atoms with van der Waals surface area (Å²) < 4.78 is 11.1. The Bertz CT molecular complexity index is 285. The van der Waals surface area contributed by atoms with Gasteiger partial charge in [-0.25, -0.2) is 0 Å². The second-order valence-corrected chi connectivity index (χ2v) is 5.20. The third kappa shape index (κ3) is 4.60. The standard InChI is InChI=1S/C13H24N2O3.ClH/c1-10-8-14-5-6-15(10)13(16)11(2)18-9-12-4-3-7-17-12;/h10-12,14H,3-9H2,1-2H3;1H/t10-,11?,12?;/m1./s1. The molecule has 6 heteroatoms. The number of piperazine rings is 1. The van der Waals surface area contributed by atoms with Gasteiger partial charge in [0.15, 0.2) is 0 Å². The number of carbonyl (C=O) groups is 1. The first-order valence-electron chi connectivity index (χ1n) is 6.93. The molecule has 5 nitrogen and oxygen atoms in total. The van der Waals surface area contributed by atoms with Gasteiger partial charge in [0.25, 0.3) is 5.91 Å². The monoisotopic (exact) mass is 292 g/mol. The Morgan fingerprint density at radius 3 is 3.00 bits per heavy atom. The number of carbonyl (C=O) groups excluding carboxylic acids is 1. The van der Waals surface area contributed by atoms with Gasteiger partial charge in [0.2, 0.25) is 0 Å². The van der Waals surface area contributed by atoms with Crippen LogP contribution < -0.4 is 5.32 Å². The maximum atomic E-state index is 12.2. The molecule has 2 fully saturated rings. The third-order valence-corrected chi connectivity index (χ3v) is 3.69. The molecule has 1 amide bonds. The summed E-state index contributed by atoms with van der Waals surface area (Å²) in [5.74, 6) is 0.0991. The van der Waals surface area contributed by atoms with E-state index in [-0.39, 0.29) is 36.6 Å². The van der Waals surface area contributed by atoms with E-state index in [0.29, 0.717) is 6.61 Å². The minimum Gasteiger partial charge on any atom is -0.376 e.